The van der Waals surface area contributed by atoms with E-state index < -0.39 is 16.9 Å². The summed E-state index contributed by atoms with van der Waals surface area (Å²) in [7, 11) is 0. The number of hydrogen-bond donors (Lipinski definition) is 1. The van der Waals surface area contributed by atoms with Crippen LogP contribution in [0.1, 0.15) is 33.6 Å². The second-order valence-corrected chi connectivity index (χ2v) is 6.88. The van der Waals surface area contributed by atoms with Crippen molar-refractivity contribution in [2.75, 3.05) is 24.5 Å². The van der Waals surface area contributed by atoms with Gasteiger partial charge in [-0.2, -0.15) is 0 Å². The largest absolute Gasteiger partial charge is 0.354 e. The Morgan fingerprint density at radius 1 is 1.41 bits per heavy atom. The van der Waals surface area contributed by atoms with Crippen molar-refractivity contribution in [3.8, 4) is 0 Å². The van der Waals surface area contributed by atoms with Crippen molar-refractivity contribution in [2.24, 2.45) is 5.41 Å². The lowest BCUT2D eigenvalue weighted by Crippen LogP contribution is -2.50. The lowest BCUT2D eigenvalue weighted by atomic mass is 9.91. The molecule has 1 aliphatic rings. The number of aromatic nitrogens is 1. The number of amides is 1. The van der Waals surface area contributed by atoms with Gasteiger partial charge in [0.25, 0.3) is 0 Å². The summed E-state index contributed by atoms with van der Waals surface area (Å²) in [4.78, 5) is 17.6. The Hall–Kier alpha value is -1.72. The number of alkyl halides is 1. The molecule has 0 spiro atoms. The SMILES string of the molecule is CC(C)(C)C(=O)NCC1(F)CCN(c2ncccc2F)CC1. The third kappa shape index (κ3) is 3.93. The normalized spacial score (nSPS) is 18.1. The summed E-state index contributed by atoms with van der Waals surface area (Å²) in [6.07, 6.45) is 2.01. The van der Waals surface area contributed by atoms with E-state index in [1.54, 1.807) is 25.7 Å². The molecule has 1 fully saturated rings. The standard InChI is InChI=1S/C16H23F2N3O/c1-15(2,3)14(22)20-11-16(18)6-9-21(10-7-16)13-12(17)5-4-8-19-13/h4-5,8H,6-7,9-11H2,1-3H3,(H,20,22). The van der Waals surface area contributed by atoms with E-state index in [9.17, 15) is 13.6 Å². The zero-order valence-electron chi connectivity index (χ0n) is 13.3. The Balaban J connectivity index is 1.91. The Labute approximate surface area is 129 Å². The summed E-state index contributed by atoms with van der Waals surface area (Å²) in [6.45, 7) is 6.15. The van der Waals surface area contributed by atoms with Crippen molar-refractivity contribution in [1.82, 2.24) is 10.3 Å². The molecule has 2 rings (SSSR count). The van der Waals surface area contributed by atoms with Crippen LogP contribution < -0.4 is 10.2 Å². The number of halogens is 2. The molecule has 0 atom stereocenters. The summed E-state index contributed by atoms with van der Waals surface area (Å²) < 4.78 is 28.5. The second kappa shape index (κ2) is 6.18. The van der Waals surface area contributed by atoms with Gasteiger partial charge in [-0.05, 0) is 12.1 Å². The van der Waals surface area contributed by atoms with Gasteiger partial charge in [0.1, 0.15) is 5.67 Å². The third-order valence-electron chi connectivity index (χ3n) is 3.95. The van der Waals surface area contributed by atoms with Crippen molar-refractivity contribution >= 4 is 11.7 Å². The number of nitrogens with one attached hydrogen (secondary N) is 1. The molecule has 0 saturated carbocycles. The fourth-order valence-corrected chi connectivity index (χ4v) is 2.41. The lowest BCUT2D eigenvalue weighted by Gasteiger charge is -2.37. The van der Waals surface area contributed by atoms with Gasteiger partial charge >= 0.3 is 0 Å². The molecule has 0 aliphatic carbocycles. The molecular formula is C16H23F2N3O. The molecule has 6 heteroatoms. The van der Waals surface area contributed by atoms with Crippen molar-refractivity contribution in [1.29, 1.82) is 0 Å². The van der Waals surface area contributed by atoms with Crippen LogP contribution in [-0.2, 0) is 4.79 Å². The van der Waals surface area contributed by atoms with Crippen molar-refractivity contribution in [3.05, 3.63) is 24.1 Å². The van der Waals surface area contributed by atoms with Crippen LogP contribution >= 0.6 is 0 Å². The minimum atomic E-state index is -1.44. The molecule has 0 radical (unpaired) electrons. The van der Waals surface area contributed by atoms with E-state index in [4.69, 9.17) is 0 Å². The molecule has 1 N–H and O–H groups in total. The summed E-state index contributed by atoms with van der Waals surface area (Å²) in [5.74, 6) is -0.291. The number of pyridine rings is 1. The monoisotopic (exact) mass is 311 g/mol. The Kier molecular flexibility index (Phi) is 4.68. The van der Waals surface area contributed by atoms with Gasteiger partial charge in [0, 0.05) is 37.5 Å². The Morgan fingerprint density at radius 2 is 2.05 bits per heavy atom. The fourth-order valence-electron chi connectivity index (χ4n) is 2.41. The first-order valence-corrected chi connectivity index (χ1v) is 7.54. The van der Waals surface area contributed by atoms with Crippen LogP contribution in [0.5, 0.6) is 0 Å². The number of nitrogens with zero attached hydrogens (tertiary/aromatic N) is 2. The van der Waals surface area contributed by atoms with E-state index in [2.05, 4.69) is 10.3 Å². The summed E-state index contributed by atoms with van der Waals surface area (Å²) in [5.41, 5.74) is -1.98. The van der Waals surface area contributed by atoms with Gasteiger partial charge in [0.15, 0.2) is 11.6 Å². The molecule has 0 unspecified atom stereocenters. The highest BCUT2D eigenvalue weighted by atomic mass is 19.1. The zero-order chi connectivity index (χ0) is 16.4. The topological polar surface area (TPSA) is 45.2 Å². The van der Waals surface area contributed by atoms with E-state index >= 15 is 0 Å². The molecule has 22 heavy (non-hydrogen) atoms. The number of rotatable bonds is 3. The summed E-state index contributed by atoms with van der Waals surface area (Å²) >= 11 is 0. The predicted molar refractivity (Wildman–Crippen MR) is 81.9 cm³/mol. The van der Waals surface area contributed by atoms with Crippen LogP contribution in [0.4, 0.5) is 14.6 Å². The number of piperidine rings is 1. The average Bonchev–Trinajstić information content (AvgIpc) is 2.46. The predicted octanol–water partition coefficient (Wildman–Crippen LogP) is 2.69. The molecular weight excluding hydrogens is 288 g/mol. The molecule has 1 aromatic rings. The number of anilines is 1. The van der Waals surface area contributed by atoms with Gasteiger partial charge < -0.3 is 10.2 Å². The van der Waals surface area contributed by atoms with Gasteiger partial charge in [0.05, 0.1) is 6.54 Å². The molecule has 0 bridgehead atoms. The summed E-state index contributed by atoms with van der Waals surface area (Å²) in [5, 5.41) is 2.68. The first kappa shape index (κ1) is 16.6. The minimum absolute atomic E-state index is 0.00163. The first-order chi connectivity index (χ1) is 10.2. The second-order valence-electron chi connectivity index (χ2n) is 6.88. The van der Waals surface area contributed by atoms with E-state index in [1.807, 2.05) is 0 Å². The van der Waals surface area contributed by atoms with Gasteiger partial charge in [0.2, 0.25) is 5.91 Å². The molecule has 1 saturated heterocycles. The van der Waals surface area contributed by atoms with Crippen LogP contribution in [0.25, 0.3) is 0 Å². The number of carbonyl (C=O) groups is 1. The van der Waals surface area contributed by atoms with E-state index in [0.29, 0.717) is 13.1 Å². The van der Waals surface area contributed by atoms with E-state index in [0.717, 1.165) is 0 Å². The molecule has 122 valence electrons. The maximum absolute atomic E-state index is 14.8. The average molecular weight is 311 g/mol. The Morgan fingerprint density at radius 3 is 2.59 bits per heavy atom. The van der Waals surface area contributed by atoms with Crippen LogP contribution in [0.3, 0.4) is 0 Å². The van der Waals surface area contributed by atoms with Crippen LogP contribution in [0.15, 0.2) is 18.3 Å². The molecule has 1 aliphatic heterocycles. The van der Waals surface area contributed by atoms with Gasteiger partial charge in [-0.1, -0.05) is 20.8 Å². The van der Waals surface area contributed by atoms with Crippen LogP contribution in [-0.4, -0.2) is 36.2 Å². The van der Waals surface area contributed by atoms with Crippen molar-refractivity contribution in [3.63, 3.8) is 0 Å². The highest BCUT2D eigenvalue weighted by Gasteiger charge is 2.36. The molecule has 0 aromatic carbocycles. The highest BCUT2D eigenvalue weighted by molar-refractivity contribution is 5.81. The van der Waals surface area contributed by atoms with Gasteiger partial charge in [-0.25, -0.2) is 13.8 Å². The Bertz CT molecular complexity index is 534. The van der Waals surface area contributed by atoms with Crippen LogP contribution in [0.2, 0.25) is 0 Å². The van der Waals surface area contributed by atoms with Gasteiger partial charge in [-0.3, -0.25) is 4.79 Å². The zero-order valence-corrected chi connectivity index (χ0v) is 13.3. The molecule has 1 amide bonds. The summed E-state index contributed by atoms with van der Waals surface area (Å²) in [6, 6.07) is 2.88. The lowest BCUT2D eigenvalue weighted by molar-refractivity contribution is -0.129. The van der Waals surface area contributed by atoms with Gasteiger partial charge in [-0.15, -0.1) is 0 Å². The molecule has 2 heterocycles. The fraction of sp³-hybridized carbons (Fsp3) is 0.625. The smallest absolute Gasteiger partial charge is 0.225 e. The van der Waals surface area contributed by atoms with E-state index in [1.165, 1.54) is 18.3 Å². The van der Waals surface area contributed by atoms with Crippen LogP contribution in [0, 0.1) is 11.2 Å². The quantitative estimate of drug-likeness (QED) is 0.933. The molecule has 4 nitrogen and oxygen atoms in total. The number of carbonyl (C=O) groups excluding carboxylic acids is 1. The van der Waals surface area contributed by atoms with Crippen molar-refractivity contribution in [2.45, 2.75) is 39.3 Å². The van der Waals surface area contributed by atoms with Crippen molar-refractivity contribution < 1.29 is 13.6 Å². The van der Waals surface area contributed by atoms with E-state index in [-0.39, 0.29) is 31.1 Å². The first-order valence-electron chi connectivity index (χ1n) is 7.54. The highest BCUT2D eigenvalue weighted by Crippen LogP contribution is 2.29. The minimum Gasteiger partial charge on any atom is -0.354 e. The third-order valence-corrected chi connectivity index (χ3v) is 3.95. The number of hydrogen-bond acceptors (Lipinski definition) is 3. The molecule has 1 aromatic heterocycles. The maximum Gasteiger partial charge on any atom is 0.225 e. The maximum atomic E-state index is 14.8.